The predicted molar refractivity (Wildman–Crippen MR) is 70.6 cm³/mol. The van der Waals surface area contributed by atoms with Gasteiger partial charge in [-0.15, -0.1) is 0 Å². The number of rotatable bonds is 3. The Morgan fingerprint density at radius 1 is 1.37 bits per heavy atom. The van der Waals surface area contributed by atoms with E-state index in [-0.39, 0.29) is 5.56 Å². The van der Waals surface area contributed by atoms with Crippen LogP contribution in [0.2, 0.25) is 0 Å². The van der Waals surface area contributed by atoms with Crippen LogP contribution in [-0.2, 0) is 6.54 Å². The van der Waals surface area contributed by atoms with Crippen molar-refractivity contribution in [1.82, 2.24) is 9.55 Å². The molecule has 1 aromatic heterocycles. The van der Waals surface area contributed by atoms with Crippen LogP contribution in [0.25, 0.3) is 0 Å². The highest BCUT2D eigenvalue weighted by atomic mass is 16.3. The van der Waals surface area contributed by atoms with Crippen LogP contribution in [0.15, 0.2) is 9.59 Å². The molecule has 0 aliphatic heterocycles. The predicted octanol–water partition coefficient (Wildman–Crippen LogP) is 0.107. The molecule has 1 aliphatic rings. The van der Waals surface area contributed by atoms with E-state index in [1.807, 2.05) is 0 Å². The van der Waals surface area contributed by atoms with Crippen molar-refractivity contribution in [3.63, 3.8) is 0 Å². The van der Waals surface area contributed by atoms with Gasteiger partial charge in [0.2, 0.25) is 5.88 Å². The monoisotopic (exact) mass is 266 g/mol. The van der Waals surface area contributed by atoms with E-state index in [2.05, 4.69) is 4.98 Å². The zero-order valence-electron chi connectivity index (χ0n) is 10.6. The first-order valence-corrected chi connectivity index (χ1v) is 6.41. The van der Waals surface area contributed by atoms with Crippen molar-refractivity contribution in [3.05, 3.63) is 26.4 Å². The Balaban J connectivity index is 2.39. The van der Waals surface area contributed by atoms with Crippen LogP contribution >= 0.6 is 0 Å². The molecule has 0 spiro atoms. The van der Waals surface area contributed by atoms with Gasteiger partial charge >= 0.3 is 5.69 Å². The van der Waals surface area contributed by atoms with E-state index in [0.29, 0.717) is 12.5 Å². The number of nitrogens with zero attached hydrogens (tertiary/aromatic N) is 1. The van der Waals surface area contributed by atoms with Gasteiger partial charge in [-0.1, -0.05) is 19.3 Å². The average Bonchev–Trinajstić information content (AvgIpc) is 2.35. The maximum atomic E-state index is 11.7. The summed E-state index contributed by atoms with van der Waals surface area (Å²) in [5.41, 5.74) is 3.44. The normalized spacial score (nSPS) is 16.4. The van der Waals surface area contributed by atoms with Crippen molar-refractivity contribution in [2.45, 2.75) is 38.6 Å². The number of hydrogen-bond donors (Lipinski definition) is 4. The molecule has 0 unspecified atom stereocenters. The van der Waals surface area contributed by atoms with E-state index in [1.165, 1.54) is 6.42 Å². The summed E-state index contributed by atoms with van der Waals surface area (Å²) in [6, 6.07) is 0. The summed E-state index contributed by atoms with van der Waals surface area (Å²) in [6.07, 6.45) is 5.43. The number of amidine groups is 1. The molecule has 0 amide bonds. The Bertz CT molecular complexity index is 596. The van der Waals surface area contributed by atoms with Crippen molar-refractivity contribution in [2.75, 3.05) is 0 Å². The summed E-state index contributed by atoms with van der Waals surface area (Å²) in [4.78, 5) is 25.3. The van der Waals surface area contributed by atoms with Gasteiger partial charge in [0.15, 0.2) is 0 Å². The first kappa shape index (κ1) is 13.4. The molecule has 1 aromatic rings. The number of nitrogens with one attached hydrogen (secondary N) is 2. The highest BCUT2D eigenvalue weighted by Crippen LogP contribution is 2.25. The second-order valence-electron chi connectivity index (χ2n) is 4.99. The lowest BCUT2D eigenvalue weighted by atomic mass is 9.89. The zero-order chi connectivity index (χ0) is 14.0. The fourth-order valence-corrected chi connectivity index (χ4v) is 2.60. The topological polar surface area (TPSA) is 125 Å². The summed E-state index contributed by atoms with van der Waals surface area (Å²) < 4.78 is 1.11. The Morgan fingerprint density at radius 3 is 2.58 bits per heavy atom. The van der Waals surface area contributed by atoms with Crippen molar-refractivity contribution in [1.29, 1.82) is 5.41 Å². The maximum Gasteiger partial charge on any atom is 0.331 e. The van der Waals surface area contributed by atoms with Crippen LogP contribution in [-0.4, -0.2) is 20.5 Å². The zero-order valence-corrected chi connectivity index (χ0v) is 10.6. The molecule has 0 aromatic carbocycles. The molecular formula is C12H18N4O3. The molecule has 2 rings (SSSR count). The minimum absolute atomic E-state index is 0.308. The number of aromatic nitrogens is 2. The van der Waals surface area contributed by atoms with E-state index < -0.39 is 23.0 Å². The number of aromatic hydroxyl groups is 1. The molecule has 0 radical (unpaired) electrons. The van der Waals surface area contributed by atoms with Gasteiger partial charge in [0, 0.05) is 6.54 Å². The summed E-state index contributed by atoms with van der Waals surface area (Å²) in [5.74, 6) is -0.744. The summed E-state index contributed by atoms with van der Waals surface area (Å²) in [5, 5.41) is 17.3. The maximum absolute atomic E-state index is 11.7. The summed E-state index contributed by atoms with van der Waals surface area (Å²) >= 11 is 0. The van der Waals surface area contributed by atoms with Crippen molar-refractivity contribution < 1.29 is 5.11 Å². The summed E-state index contributed by atoms with van der Waals surface area (Å²) in [6.45, 7) is 0.349. The van der Waals surface area contributed by atoms with Gasteiger partial charge in [-0.2, -0.15) is 0 Å². The molecular weight excluding hydrogens is 248 g/mol. The molecule has 0 saturated heterocycles. The highest BCUT2D eigenvalue weighted by Gasteiger charge is 2.20. The van der Waals surface area contributed by atoms with Gasteiger partial charge in [0.1, 0.15) is 11.4 Å². The standard InChI is InChI=1S/C12H18N4O3/c13-9(14)8-10(17)15-12(19)16(11(8)18)6-7-4-2-1-3-5-7/h7,18H,1-6H2,(H3,13,14)(H,15,17,19). The second kappa shape index (κ2) is 5.29. The van der Waals surface area contributed by atoms with E-state index in [4.69, 9.17) is 11.1 Å². The molecule has 1 aliphatic carbocycles. The molecule has 5 N–H and O–H groups in total. The minimum atomic E-state index is -0.824. The van der Waals surface area contributed by atoms with Crippen LogP contribution in [0.5, 0.6) is 5.88 Å². The van der Waals surface area contributed by atoms with E-state index in [9.17, 15) is 14.7 Å². The molecule has 1 heterocycles. The fourth-order valence-electron chi connectivity index (χ4n) is 2.60. The van der Waals surface area contributed by atoms with Gasteiger partial charge in [0.25, 0.3) is 5.56 Å². The molecule has 1 fully saturated rings. The van der Waals surface area contributed by atoms with Crippen molar-refractivity contribution in [3.8, 4) is 5.88 Å². The number of H-pyrrole nitrogens is 1. The lowest BCUT2D eigenvalue weighted by Gasteiger charge is -2.22. The van der Waals surface area contributed by atoms with Crippen LogP contribution in [0, 0.1) is 11.3 Å². The molecule has 7 nitrogen and oxygen atoms in total. The van der Waals surface area contributed by atoms with Crippen LogP contribution in [0.4, 0.5) is 0 Å². The third kappa shape index (κ3) is 2.69. The fraction of sp³-hybridized carbons (Fsp3) is 0.583. The lowest BCUT2D eigenvalue weighted by Crippen LogP contribution is -2.37. The Kier molecular flexibility index (Phi) is 3.73. The molecule has 0 bridgehead atoms. The quantitative estimate of drug-likeness (QED) is 0.457. The van der Waals surface area contributed by atoms with Crippen molar-refractivity contribution in [2.24, 2.45) is 11.7 Å². The highest BCUT2D eigenvalue weighted by molar-refractivity contribution is 5.96. The van der Waals surface area contributed by atoms with Gasteiger partial charge in [-0.05, 0) is 18.8 Å². The van der Waals surface area contributed by atoms with E-state index >= 15 is 0 Å². The lowest BCUT2D eigenvalue weighted by molar-refractivity contribution is 0.292. The Morgan fingerprint density at radius 2 is 2.00 bits per heavy atom. The Hall–Kier alpha value is -2.05. The first-order valence-electron chi connectivity index (χ1n) is 6.41. The number of nitrogen functional groups attached to an aromatic ring is 1. The number of hydrogen-bond acceptors (Lipinski definition) is 4. The van der Waals surface area contributed by atoms with Crippen LogP contribution in [0.1, 0.15) is 37.7 Å². The molecule has 7 heteroatoms. The largest absolute Gasteiger partial charge is 0.494 e. The van der Waals surface area contributed by atoms with Gasteiger partial charge in [-0.3, -0.25) is 19.8 Å². The van der Waals surface area contributed by atoms with Crippen LogP contribution < -0.4 is 17.0 Å². The Labute approximate surface area is 109 Å². The first-order chi connectivity index (χ1) is 9.00. The van der Waals surface area contributed by atoms with Gasteiger partial charge in [0.05, 0.1) is 0 Å². The molecule has 19 heavy (non-hydrogen) atoms. The number of aromatic amines is 1. The number of nitrogens with two attached hydrogens (primary N) is 1. The van der Waals surface area contributed by atoms with E-state index in [1.54, 1.807) is 0 Å². The van der Waals surface area contributed by atoms with Crippen LogP contribution in [0.3, 0.4) is 0 Å². The van der Waals surface area contributed by atoms with E-state index in [0.717, 1.165) is 30.3 Å². The third-order valence-electron chi connectivity index (χ3n) is 3.61. The van der Waals surface area contributed by atoms with Crippen molar-refractivity contribution >= 4 is 5.84 Å². The molecule has 0 atom stereocenters. The minimum Gasteiger partial charge on any atom is -0.494 e. The van der Waals surface area contributed by atoms with Gasteiger partial charge in [-0.25, -0.2) is 4.79 Å². The third-order valence-corrected chi connectivity index (χ3v) is 3.61. The summed E-state index contributed by atoms with van der Waals surface area (Å²) in [7, 11) is 0. The molecule has 104 valence electrons. The average molecular weight is 266 g/mol. The molecule has 1 saturated carbocycles. The second-order valence-corrected chi connectivity index (χ2v) is 4.99. The smallest absolute Gasteiger partial charge is 0.331 e. The SMILES string of the molecule is N=C(N)c1c(O)n(CC2CCCCC2)c(=O)[nH]c1=O. The van der Waals surface area contributed by atoms with Gasteiger partial charge < -0.3 is 10.8 Å².